The SMILES string of the molecule is CCC(C)NCc1cc(N(C)C)c2c(c1O)C(O)=C1C(=O)[C@]3(O)C(O)=C(C(N)=O)C(=O)[C@@H](C(C)C)[C@@H]3C[C@@H]1C2. The van der Waals surface area contributed by atoms with Crippen LogP contribution in [0.5, 0.6) is 5.75 Å². The van der Waals surface area contributed by atoms with E-state index in [4.69, 9.17) is 5.73 Å². The van der Waals surface area contributed by atoms with Gasteiger partial charge in [0.25, 0.3) is 5.91 Å². The molecule has 212 valence electrons. The number of fused-ring (bicyclic) bond motifs is 3. The second-order valence-corrected chi connectivity index (χ2v) is 11.7. The standard InChI is InChI=1S/C29H39N3O7/c1-7-13(4)31-11-15-10-18(32(5)6)16-8-14-9-17-19(12(2)3)24(34)22(28(30)38)27(37)29(17,39)26(36)20(14)25(35)21(16)23(15)33/h10,12-14,17,19,31,33,35,37,39H,7-9,11H2,1-6H3,(H2,30,38)/t13?,14-,17-,19-,29-/m0/s1. The molecule has 0 bridgehead atoms. The van der Waals surface area contributed by atoms with E-state index in [1.165, 1.54) is 0 Å². The van der Waals surface area contributed by atoms with Gasteiger partial charge in [0.1, 0.15) is 22.8 Å². The van der Waals surface area contributed by atoms with Crippen molar-refractivity contribution in [1.29, 1.82) is 0 Å². The minimum atomic E-state index is -2.61. The smallest absolute Gasteiger partial charge is 0.255 e. The number of carbonyl (C=O) groups excluding carboxylic acids is 3. The summed E-state index contributed by atoms with van der Waals surface area (Å²) in [5, 5.41) is 48.9. The number of phenols is 1. The highest BCUT2D eigenvalue weighted by molar-refractivity contribution is 6.23. The number of primary amides is 1. The maximum atomic E-state index is 14.0. The van der Waals surface area contributed by atoms with Crippen LogP contribution < -0.4 is 16.0 Å². The van der Waals surface area contributed by atoms with Crippen molar-refractivity contribution in [2.45, 2.75) is 65.1 Å². The van der Waals surface area contributed by atoms with Crippen LogP contribution >= 0.6 is 0 Å². The molecule has 1 amide bonds. The van der Waals surface area contributed by atoms with E-state index in [0.29, 0.717) is 17.7 Å². The van der Waals surface area contributed by atoms with Crippen LogP contribution in [0.2, 0.25) is 0 Å². The molecule has 1 aromatic rings. The molecule has 1 saturated carbocycles. The molecule has 7 N–H and O–H groups in total. The number of nitrogens with two attached hydrogens (primary N) is 1. The molecular weight excluding hydrogens is 502 g/mol. The maximum Gasteiger partial charge on any atom is 0.255 e. The van der Waals surface area contributed by atoms with Gasteiger partial charge in [-0.05, 0) is 49.7 Å². The van der Waals surface area contributed by atoms with E-state index in [1.807, 2.05) is 38.9 Å². The Balaban J connectivity index is 1.94. The zero-order chi connectivity index (χ0) is 29.1. The quantitative estimate of drug-likeness (QED) is 0.283. The molecular formula is C29H39N3O7. The summed E-state index contributed by atoms with van der Waals surface area (Å²) in [6, 6.07) is 2.04. The molecule has 1 fully saturated rings. The van der Waals surface area contributed by atoms with Crippen molar-refractivity contribution in [2.75, 3.05) is 19.0 Å². The molecule has 3 aliphatic rings. The van der Waals surface area contributed by atoms with Crippen LogP contribution in [0.25, 0.3) is 5.76 Å². The zero-order valence-electron chi connectivity index (χ0n) is 23.3. The molecule has 0 heterocycles. The van der Waals surface area contributed by atoms with Crippen LogP contribution in [0.15, 0.2) is 23.0 Å². The Morgan fingerprint density at radius 2 is 1.85 bits per heavy atom. The van der Waals surface area contributed by atoms with E-state index in [1.54, 1.807) is 13.8 Å². The number of phenolic OH excluding ortho intramolecular Hbond substituents is 1. The van der Waals surface area contributed by atoms with Crippen LogP contribution in [-0.4, -0.2) is 63.6 Å². The van der Waals surface area contributed by atoms with Crippen LogP contribution in [-0.2, 0) is 27.3 Å². The number of aliphatic hydroxyl groups is 3. The number of ketones is 2. The number of anilines is 1. The molecule has 10 heteroatoms. The number of hydrogen-bond donors (Lipinski definition) is 6. The van der Waals surface area contributed by atoms with Crippen molar-refractivity contribution in [3.05, 3.63) is 39.7 Å². The third kappa shape index (κ3) is 4.21. The normalized spacial score (nSPS) is 27.3. The number of aliphatic hydroxyl groups excluding tert-OH is 2. The van der Waals surface area contributed by atoms with E-state index < -0.39 is 57.9 Å². The number of rotatable bonds is 7. The molecule has 0 aliphatic heterocycles. The first-order valence-electron chi connectivity index (χ1n) is 13.4. The van der Waals surface area contributed by atoms with Gasteiger partial charge in [0.05, 0.1) is 5.56 Å². The van der Waals surface area contributed by atoms with E-state index in [9.17, 15) is 34.8 Å². The minimum absolute atomic E-state index is 0.0940. The Kier molecular flexibility index (Phi) is 7.33. The van der Waals surface area contributed by atoms with E-state index in [2.05, 4.69) is 5.32 Å². The zero-order valence-corrected chi connectivity index (χ0v) is 23.3. The largest absolute Gasteiger partial charge is 0.508 e. The van der Waals surface area contributed by atoms with E-state index in [0.717, 1.165) is 12.1 Å². The van der Waals surface area contributed by atoms with E-state index >= 15 is 0 Å². The molecule has 1 unspecified atom stereocenters. The molecule has 1 aromatic carbocycles. The first-order chi connectivity index (χ1) is 18.2. The van der Waals surface area contributed by atoms with Crippen molar-refractivity contribution < 1.29 is 34.8 Å². The molecule has 5 atom stereocenters. The van der Waals surface area contributed by atoms with Gasteiger partial charge >= 0.3 is 0 Å². The number of nitrogens with zero attached hydrogens (tertiary/aromatic N) is 1. The van der Waals surface area contributed by atoms with E-state index in [-0.39, 0.29) is 41.7 Å². The molecule has 0 spiro atoms. The predicted octanol–water partition coefficient (Wildman–Crippen LogP) is 2.26. The van der Waals surface area contributed by atoms with Crippen molar-refractivity contribution in [1.82, 2.24) is 5.32 Å². The minimum Gasteiger partial charge on any atom is -0.508 e. The number of benzene rings is 1. The van der Waals surface area contributed by atoms with Crippen molar-refractivity contribution in [2.24, 2.45) is 29.4 Å². The fraction of sp³-hybridized carbons (Fsp3) is 0.552. The lowest BCUT2D eigenvalue weighted by molar-refractivity contribution is -0.155. The Bertz CT molecular complexity index is 1310. The summed E-state index contributed by atoms with van der Waals surface area (Å²) in [6.07, 6.45) is 1.23. The number of amides is 1. The summed E-state index contributed by atoms with van der Waals surface area (Å²) in [6.45, 7) is 7.86. The van der Waals surface area contributed by atoms with Gasteiger partial charge in [-0.3, -0.25) is 14.4 Å². The van der Waals surface area contributed by atoms with Crippen molar-refractivity contribution in [3.8, 4) is 5.75 Å². The summed E-state index contributed by atoms with van der Waals surface area (Å²) in [7, 11) is 3.70. The van der Waals surface area contributed by atoms with Crippen LogP contribution in [0.4, 0.5) is 5.69 Å². The summed E-state index contributed by atoms with van der Waals surface area (Å²) >= 11 is 0. The maximum absolute atomic E-state index is 14.0. The fourth-order valence-electron chi connectivity index (χ4n) is 6.55. The highest BCUT2D eigenvalue weighted by Crippen LogP contribution is 2.55. The highest BCUT2D eigenvalue weighted by Gasteiger charge is 2.64. The Morgan fingerprint density at radius 1 is 1.21 bits per heavy atom. The molecule has 10 nitrogen and oxygen atoms in total. The molecule has 0 saturated heterocycles. The first-order valence-corrected chi connectivity index (χ1v) is 13.4. The lowest BCUT2D eigenvalue weighted by Crippen LogP contribution is -2.62. The molecule has 0 aromatic heterocycles. The second kappa shape index (κ2) is 9.98. The first kappa shape index (κ1) is 28.6. The predicted molar refractivity (Wildman–Crippen MR) is 146 cm³/mol. The average molecular weight is 542 g/mol. The van der Waals surface area contributed by atoms with Gasteiger partial charge in [-0.25, -0.2) is 0 Å². The summed E-state index contributed by atoms with van der Waals surface area (Å²) in [5.41, 5.74) is 3.91. The molecule has 39 heavy (non-hydrogen) atoms. The fourth-order valence-corrected chi connectivity index (χ4v) is 6.55. The number of carbonyl (C=O) groups is 3. The van der Waals surface area contributed by atoms with Gasteiger partial charge < -0.3 is 36.4 Å². The van der Waals surface area contributed by atoms with Gasteiger partial charge in [-0.15, -0.1) is 0 Å². The third-order valence-electron chi connectivity index (χ3n) is 8.76. The Hall–Kier alpha value is -3.37. The topological polar surface area (TPSA) is 173 Å². The number of nitrogens with one attached hydrogen (secondary N) is 1. The van der Waals surface area contributed by atoms with Crippen LogP contribution in [0.1, 0.15) is 57.2 Å². The van der Waals surface area contributed by atoms with Crippen molar-refractivity contribution in [3.63, 3.8) is 0 Å². The third-order valence-corrected chi connectivity index (χ3v) is 8.76. The summed E-state index contributed by atoms with van der Waals surface area (Å²) in [4.78, 5) is 41.3. The number of aromatic hydroxyl groups is 1. The Morgan fingerprint density at radius 3 is 2.38 bits per heavy atom. The van der Waals surface area contributed by atoms with Gasteiger partial charge in [-0.2, -0.15) is 0 Å². The number of Topliss-reactive ketones (excluding diaryl/α,β-unsaturated/α-hetero) is 2. The second-order valence-electron chi connectivity index (χ2n) is 11.7. The van der Waals surface area contributed by atoms with Gasteiger partial charge in [0, 0.05) is 55.3 Å². The van der Waals surface area contributed by atoms with Crippen LogP contribution in [0, 0.1) is 23.7 Å². The summed E-state index contributed by atoms with van der Waals surface area (Å²) in [5.74, 6) is -7.58. The molecule has 0 radical (unpaired) electrons. The lowest BCUT2D eigenvalue weighted by Gasteiger charge is -2.50. The lowest BCUT2D eigenvalue weighted by atomic mass is 9.54. The summed E-state index contributed by atoms with van der Waals surface area (Å²) < 4.78 is 0. The molecule has 3 aliphatic carbocycles. The Labute approximate surface area is 228 Å². The van der Waals surface area contributed by atoms with Crippen molar-refractivity contribution >= 4 is 28.9 Å². The van der Waals surface area contributed by atoms with Crippen LogP contribution in [0.3, 0.4) is 0 Å². The molecule has 4 rings (SSSR count). The van der Waals surface area contributed by atoms with Gasteiger partial charge in [-0.1, -0.05) is 20.8 Å². The van der Waals surface area contributed by atoms with Gasteiger partial charge in [0.2, 0.25) is 5.78 Å². The monoisotopic (exact) mass is 541 g/mol. The number of hydrogen-bond acceptors (Lipinski definition) is 9. The average Bonchev–Trinajstić information content (AvgIpc) is 2.84. The highest BCUT2D eigenvalue weighted by atomic mass is 16.3. The van der Waals surface area contributed by atoms with Gasteiger partial charge in [0.15, 0.2) is 11.4 Å².